The second-order valence-corrected chi connectivity index (χ2v) is 5.23. The number of aliphatic hydroxyl groups is 1. The number of halogens is 2. The van der Waals surface area contributed by atoms with Gasteiger partial charge < -0.3 is 10.4 Å². The Morgan fingerprint density at radius 2 is 1.68 bits per heavy atom. The fourth-order valence-electron chi connectivity index (χ4n) is 1.78. The third-order valence-corrected chi connectivity index (χ3v) is 3.35. The smallest absolute Gasteiger partial charge is 0.127 e. The molecule has 0 saturated heterocycles. The quantitative estimate of drug-likeness (QED) is 0.884. The van der Waals surface area contributed by atoms with Crippen molar-refractivity contribution >= 4 is 15.9 Å². The van der Waals surface area contributed by atoms with Gasteiger partial charge in [0.2, 0.25) is 0 Å². The first-order chi connectivity index (χ1) is 9.19. The summed E-state index contributed by atoms with van der Waals surface area (Å²) in [6, 6.07) is 12.6. The topological polar surface area (TPSA) is 32.3 Å². The molecule has 100 valence electrons. The fraction of sp³-hybridized carbons (Fsp3) is 0.200. The predicted molar refractivity (Wildman–Crippen MR) is 77.0 cm³/mol. The molecule has 0 aliphatic heterocycles. The van der Waals surface area contributed by atoms with Gasteiger partial charge in [-0.2, -0.15) is 0 Å². The van der Waals surface area contributed by atoms with E-state index in [9.17, 15) is 4.39 Å². The molecule has 4 heteroatoms. The lowest BCUT2D eigenvalue weighted by atomic mass is 10.1. The van der Waals surface area contributed by atoms with Gasteiger partial charge in [-0.1, -0.05) is 40.2 Å². The highest BCUT2D eigenvalue weighted by Crippen LogP contribution is 2.15. The van der Waals surface area contributed by atoms with Crippen molar-refractivity contribution in [2.24, 2.45) is 0 Å². The summed E-state index contributed by atoms with van der Waals surface area (Å²) < 4.78 is 14.4. The lowest BCUT2D eigenvalue weighted by molar-refractivity contribution is 0.282. The van der Waals surface area contributed by atoms with Crippen molar-refractivity contribution in [1.29, 1.82) is 0 Å². The Kier molecular flexibility index (Phi) is 5.07. The Labute approximate surface area is 120 Å². The van der Waals surface area contributed by atoms with Crippen LogP contribution in [-0.4, -0.2) is 5.11 Å². The highest BCUT2D eigenvalue weighted by Gasteiger charge is 2.02. The molecule has 0 aromatic heterocycles. The van der Waals surface area contributed by atoms with Crippen molar-refractivity contribution in [3.63, 3.8) is 0 Å². The van der Waals surface area contributed by atoms with Crippen LogP contribution < -0.4 is 5.32 Å². The Morgan fingerprint density at radius 1 is 1.00 bits per heavy atom. The summed E-state index contributed by atoms with van der Waals surface area (Å²) in [7, 11) is 0. The number of aliphatic hydroxyl groups excluding tert-OH is 1. The molecule has 0 aliphatic carbocycles. The monoisotopic (exact) mass is 323 g/mol. The highest BCUT2D eigenvalue weighted by molar-refractivity contribution is 9.10. The average molecular weight is 324 g/mol. The van der Waals surface area contributed by atoms with Gasteiger partial charge in [0.1, 0.15) is 5.82 Å². The van der Waals surface area contributed by atoms with E-state index in [0.29, 0.717) is 18.7 Å². The van der Waals surface area contributed by atoms with E-state index < -0.39 is 0 Å². The molecule has 2 aromatic rings. The second kappa shape index (κ2) is 6.80. The third-order valence-electron chi connectivity index (χ3n) is 2.86. The van der Waals surface area contributed by atoms with E-state index in [2.05, 4.69) is 21.2 Å². The molecule has 0 fully saturated rings. The molecule has 0 amide bonds. The number of nitrogens with one attached hydrogen (secondary N) is 1. The van der Waals surface area contributed by atoms with E-state index in [1.807, 2.05) is 24.3 Å². The van der Waals surface area contributed by atoms with E-state index >= 15 is 0 Å². The van der Waals surface area contributed by atoms with Crippen LogP contribution in [0.3, 0.4) is 0 Å². The SMILES string of the molecule is OCc1ccc(CNCc2cc(Br)ccc2F)cc1. The van der Waals surface area contributed by atoms with Gasteiger partial charge in [-0.05, 0) is 29.3 Å². The summed E-state index contributed by atoms with van der Waals surface area (Å²) in [5.41, 5.74) is 2.63. The van der Waals surface area contributed by atoms with E-state index in [1.54, 1.807) is 12.1 Å². The summed E-state index contributed by atoms with van der Waals surface area (Å²) in [5, 5.41) is 12.1. The minimum atomic E-state index is -0.202. The van der Waals surface area contributed by atoms with Crippen LogP contribution in [0.1, 0.15) is 16.7 Å². The Balaban J connectivity index is 1.90. The fourth-order valence-corrected chi connectivity index (χ4v) is 2.19. The van der Waals surface area contributed by atoms with Crippen LogP contribution in [0.5, 0.6) is 0 Å². The van der Waals surface area contributed by atoms with Gasteiger partial charge in [-0.3, -0.25) is 0 Å². The van der Waals surface area contributed by atoms with Crippen LogP contribution in [-0.2, 0) is 19.7 Å². The average Bonchev–Trinajstić information content (AvgIpc) is 2.43. The maximum Gasteiger partial charge on any atom is 0.127 e. The molecular formula is C15H15BrFNO. The van der Waals surface area contributed by atoms with E-state index in [4.69, 9.17) is 5.11 Å². The van der Waals surface area contributed by atoms with Crippen molar-refractivity contribution < 1.29 is 9.50 Å². The molecule has 2 nitrogen and oxygen atoms in total. The Hall–Kier alpha value is -1.23. The maximum absolute atomic E-state index is 13.5. The first kappa shape index (κ1) is 14.2. The van der Waals surface area contributed by atoms with Crippen LogP contribution >= 0.6 is 15.9 Å². The lowest BCUT2D eigenvalue weighted by Crippen LogP contribution is -2.13. The molecule has 0 saturated carbocycles. The van der Waals surface area contributed by atoms with Crippen molar-refractivity contribution in [1.82, 2.24) is 5.32 Å². The number of benzene rings is 2. The summed E-state index contributed by atoms with van der Waals surface area (Å²) in [5.74, 6) is -0.202. The summed E-state index contributed by atoms with van der Waals surface area (Å²) in [6.07, 6.45) is 0. The number of hydrogen-bond acceptors (Lipinski definition) is 2. The molecule has 0 unspecified atom stereocenters. The predicted octanol–water partition coefficient (Wildman–Crippen LogP) is 3.37. The Bertz CT molecular complexity index is 542. The van der Waals surface area contributed by atoms with E-state index in [0.717, 1.165) is 15.6 Å². The van der Waals surface area contributed by atoms with Gasteiger partial charge in [0, 0.05) is 23.1 Å². The number of hydrogen-bond donors (Lipinski definition) is 2. The molecule has 0 heterocycles. The molecule has 2 N–H and O–H groups in total. The van der Waals surface area contributed by atoms with E-state index in [1.165, 1.54) is 6.07 Å². The first-order valence-electron chi connectivity index (χ1n) is 6.02. The normalized spacial score (nSPS) is 10.7. The molecular weight excluding hydrogens is 309 g/mol. The molecule has 2 aromatic carbocycles. The van der Waals surface area contributed by atoms with Crippen molar-refractivity contribution in [3.8, 4) is 0 Å². The standard InChI is InChI=1S/C15H15BrFNO/c16-14-5-6-15(17)13(7-14)9-18-8-11-1-3-12(10-19)4-2-11/h1-7,18-19H,8-10H2. The van der Waals surface area contributed by atoms with Gasteiger partial charge in [0.15, 0.2) is 0 Å². The van der Waals surface area contributed by atoms with Crippen LogP contribution in [0.25, 0.3) is 0 Å². The lowest BCUT2D eigenvalue weighted by Gasteiger charge is -2.07. The first-order valence-corrected chi connectivity index (χ1v) is 6.81. The molecule has 0 radical (unpaired) electrons. The zero-order valence-electron chi connectivity index (χ0n) is 10.4. The molecule has 2 rings (SSSR count). The third kappa shape index (κ3) is 4.13. The van der Waals surface area contributed by atoms with Crippen LogP contribution in [0, 0.1) is 5.82 Å². The molecule has 0 spiro atoms. The molecule has 0 bridgehead atoms. The molecule has 0 aliphatic rings. The van der Waals surface area contributed by atoms with Crippen LogP contribution in [0.2, 0.25) is 0 Å². The largest absolute Gasteiger partial charge is 0.392 e. The highest BCUT2D eigenvalue weighted by atomic mass is 79.9. The number of rotatable bonds is 5. The molecule has 0 atom stereocenters. The summed E-state index contributed by atoms with van der Waals surface area (Å²) >= 11 is 3.33. The Morgan fingerprint density at radius 3 is 2.37 bits per heavy atom. The van der Waals surface area contributed by atoms with Gasteiger partial charge in [-0.25, -0.2) is 4.39 Å². The van der Waals surface area contributed by atoms with Crippen LogP contribution in [0.15, 0.2) is 46.9 Å². The van der Waals surface area contributed by atoms with E-state index in [-0.39, 0.29) is 12.4 Å². The zero-order chi connectivity index (χ0) is 13.7. The van der Waals surface area contributed by atoms with Gasteiger partial charge in [0.05, 0.1) is 6.61 Å². The van der Waals surface area contributed by atoms with Gasteiger partial charge in [0.25, 0.3) is 0 Å². The summed E-state index contributed by atoms with van der Waals surface area (Å²) in [4.78, 5) is 0. The van der Waals surface area contributed by atoms with Crippen molar-refractivity contribution in [2.75, 3.05) is 0 Å². The van der Waals surface area contributed by atoms with Crippen LogP contribution in [0.4, 0.5) is 4.39 Å². The summed E-state index contributed by atoms with van der Waals surface area (Å²) in [6.45, 7) is 1.20. The van der Waals surface area contributed by atoms with Crippen molar-refractivity contribution in [3.05, 3.63) is 69.4 Å². The van der Waals surface area contributed by atoms with Gasteiger partial charge in [-0.15, -0.1) is 0 Å². The second-order valence-electron chi connectivity index (χ2n) is 4.31. The zero-order valence-corrected chi connectivity index (χ0v) is 12.0. The molecule has 19 heavy (non-hydrogen) atoms. The maximum atomic E-state index is 13.5. The van der Waals surface area contributed by atoms with Gasteiger partial charge >= 0.3 is 0 Å². The minimum Gasteiger partial charge on any atom is -0.392 e. The van der Waals surface area contributed by atoms with Crippen molar-refractivity contribution in [2.45, 2.75) is 19.7 Å². The minimum absolute atomic E-state index is 0.0525.